The van der Waals surface area contributed by atoms with Crippen LogP contribution >= 0.6 is 0 Å². The molecule has 0 saturated carbocycles. The van der Waals surface area contributed by atoms with Gasteiger partial charge < -0.3 is 14.7 Å². The molecule has 0 bridgehead atoms. The van der Waals surface area contributed by atoms with Gasteiger partial charge in [0.2, 0.25) is 0 Å². The molecule has 1 heterocycles. The fourth-order valence-electron chi connectivity index (χ4n) is 1.29. The lowest BCUT2D eigenvalue weighted by Gasteiger charge is -2.16. The molecule has 0 aliphatic rings. The third kappa shape index (κ3) is 2.21. The van der Waals surface area contributed by atoms with E-state index in [2.05, 4.69) is 5.16 Å². The van der Waals surface area contributed by atoms with E-state index in [4.69, 9.17) is 14.7 Å². The molecule has 2 N–H and O–H groups in total. The average molecular weight is 227 g/mol. The van der Waals surface area contributed by atoms with Gasteiger partial charge >= 0.3 is 11.9 Å². The van der Waals surface area contributed by atoms with E-state index >= 15 is 0 Å². The van der Waals surface area contributed by atoms with E-state index in [1.807, 2.05) is 0 Å². The van der Waals surface area contributed by atoms with Crippen molar-refractivity contribution in [3.63, 3.8) is 0 Å². The van der Waals surface area contributed by atoms with Crippen molar-refractivity contribution in [2.75, 3.05) is 0 Å². The standard InChI is InChI=1S/C10H13NO5/c1-5-7(8(12)13)6(16-11-5)4-10(2,3)9(14)15/h4H2,1-3H3,(H,12,13)(H,14,15). The summed E-state index contributed by atoms with van der Waals surface area (Å²) in [7, 11) is 0. The number of aryl methyl sites for hydroxylation is 1. The molecule has 0 aliphatic carbocycles. The Kier molecular flexibility index (Phi) is 3.02. The minimum atomic E-state index is -1.16. The van der Waals surface area contributed by atoms with Gasteiger partial charge in [-0.25, -0.2) is 4.79 Å². The Bertz CT molecular complexity index is 432. The Morgan fingerprint density at radius 2 is 1.94 bits per heavy atom. The van der Waals surface area contributed by atoms with Crippen molar-refractivity contribution >= 4 is 11.9 Å². The number of nitrogens with zero attached hydrogens (tertiary/aromatic N) is 1. The Morgan fingerprint density at radius 1 is 1.38 bits per heavy atom. The minimum absolute atomic E-state index is 0.00912. The van der Waals surface area contributed by atoms with Gasteiger partial charge in [-0.3, -0.25) is 4.79 Å². The second kappa shape index (κ2) is 3.96. The van der Waals surface area contributed by atoms with Crippen LogP contribution in [0.1, 0.15) is 35.7 Å². The van der Waals surface area contributed by atoms with Gasteiger partial charge in [0.1, 0.15) is 5.56 Å². The molecule has 0 radical (unpaired) electrons. The molecule has 6 nitrogen and oxygen atoms in total. The van der Waals surface area contributed by atoms with Crippen molar-refractivity contribution in [3.05, 3.63) is 17.0 Å². The molecular formula is C10H13NO5. The topological polar surface area (TPSA) is 101 Å². The Hall–Kier alpha value is -1.85. The number of carbonyl (C=O) groups is 2. The summed E-state index contributed by atoms with van der Waals surface area (Å²) >= 11 is 0. The van der Waals surface area contributed by atoms with Gasteiger partial charge in [-0.05, 0) is 20.8 Å². The van der Waals surface area contributed by atoms with Crippen molar-refractivity contribution in [2.24, 2.45) is 5.41 Å². The highest BCUT2D eigenvalue weighted by Gasteiger charge is 2.32. The highest BCUT2D eigenvalue weighted by molar-refractivity contribution is 5.90. The van der Waals surface area contributed by atoms with Crippen molar-refractivity contribution in [2.45, 2.75) is 27.2 Å². The zero-order valence-corrected chi connectivity index (χ0v) is 9.27. The number of aromatic carboxylic acids is 1. The zero-order chi connectivity index (χ0) is 12.5. The molecular weight excluding hydrogens is 214 g/mol. The van der Waals surface area contributed by atoms with Crippen LogP contribution in [0.3, 0.4) is 0 Å². The average Bonchev–Trinajstić information content (AvgIpc) is 2.45. The fraction of sp³-hybridized carbons (Fsp3) is 0.500. The van der Waals surface area contributed by atoms with Crippen LogP contribution in [0.15, 0.2) is 4.52 Å². The first-order valence-corrected chi connectivity index (χ1v) is 4.67. The summed E-state index contributed by atoms with van der Waals surface area (Å²) in [5, 5.41) is 21.4. The Labute approximate surface area is 91.9 Å². The summed E-state index contributed by atoms with van der Waals surface area (Å²) in [6, 6.07) is 0. The first kappa shape index (κ1) is 12.2. The van der Waals surface area contributed by atoms with Crippen molar-refractivity contribution in [1.29, 1.82) is 0 Å². The van der Waals surface area contributed by atoms with Gasteiger partial charge in [0.25, 0.3) is 0 Å². The molecule has 0 amide bonds. The predicted molar refractivity (Wildman–Crippen MR) is 53.3 cm³/mol. The number of carboxylic acids is 2. The summed E-state index contributed by atoms with van der Waals surface area (Å²) < 4.78 is 4.85. The maximum atomic E-state index is 10.9. The Balaban J connectivity index is 3.07. The number of carboxylic acid groups (broad SMARTS) is 2. The van der Waals surface area contributed by atoms with Crippen LogP contribution in [0.2, 0.25) is 0 Å². The second-order valence-corrected chi connectivity index (χ2v) is 4.24. The SMILES string of the molecule is Cc1noc(CC(C)(C)C(=O)O)c1C(=O)O. The fourth-order valence-corrected chi connectivity index (χ4v) is 1.29. The van der Waals surface area contributed by atoms with Gasteiger partial charge in [0, 0.05) is 6.42 Å². The molecule has 1 aromatic rings. The van der Waals surface area contributed by atoms with Gasteiger partial charge in [-0.15, -0.1) is 0 Å². The van der Waals surface area contributed by atoms with Crippen LogP contribution in [0, 0.1) is 12.3 Å². The predicted octanol–water partition coefficient (Wildman–Crippen LogP) is 1.33. The third-order valence-corrected chi connectivity index (χ3v) is 2.33. The molecule has 16 heavy (non-hydrogen) atoms. The largest absolute Gasteiger partial charge is 0.481 e. The Morgan fingerprint density at radius 3 is 2.38 bits per heavy atom. The van der Waals surface area contributed by atoms with Crippen LogP contribution in [-0.2, 0) is 11.2 Å². The van der Waals surface area contributed by atoms with Gasteiger partial charge in [0.05, 0.1) is 11.1 Å². The van der Waals surface area contributed by atoms with Crippen LogP contribution in [0.25, 0.3) is 0 Å². The third-order valence-electron chi connectivity index (χ3n) is 2.33. The van der Waals surface area contributed by atoms with Crippen molar-refractivity contribution in [1.82, 2.24) is 5.16 Å². The van der Waals surface area contributed by atoms with E-state index in [1.54, 1.807) is 0 Å². The molecule has 0 unspecified atom stereocenters. The molecule has 6 heteroatoms. The van der Waals surface area contributed by atoms with Gasteiger partial charge in [-0.1, -0.05) is 5.16 Å². The normalized spacial score (nSPS) is 11.4. The lowest BCUT2D eigenvalue weighted by Crippen LogP contribution is -2.26. The maximum absolute atomic E-state index is 10.9. The molecule has 0 spiro atoms. The molecule has 0 atom stereocenters. The highest BCUT2D eigenvalue weighted by atomic mass is 16.5. The molecule has 88 valence electrons. The van der Waals surface area contributed by atoms with E-state index in [-0.39, 0.29) is 23.4 Å². The minimum Gasteiger partial charge on any atom is -0.481 e. The molecule has 1 aromatic heterocycles. The number of hydrogen-bond acceptors (Lipinski definition) is 4. The van der Waals surface area contributed by atoms with E-state index in [9.17, 15) is 9.59 Å². The lowest BCUT2D eigenvalue weighted by atomic mass is 9.87. The van der Waals surface area contributed by atoms with Crippen molar-refractivity contribution in [3.8, 4) is 0 Å². The number of hydrogen-bond donors (Lipinski definition) is 2. The number of rotatable bonds is 4. The smallest absolute Gasteiger partial charge is 0.341 e. The van der Waals surface area contributed by atoms with Crippen LogP contribution in [0.4, 0.5) is 0 Å². The first-order valence-electron chi connectivity index (χ1n) is 4.67. The quantitative estimate of drug-likeness (QED) is 0.804. The van der Waals surface area contributed by atoms with E-state index < -0.39 is 17.4 Å². The van der Waals surface area contributed by atoms with Crippen LogP contribution < -0.4 is 0 Å². The summed E-state index contributed by atoms with van der Waals surface area (Å²) in [6.07, 6.45) is -0.00912. The van der Waals surface area contributed by atoms with E-state index in [0.29, 0.717) is 0 Å². The molecule has 0 aromatic carbocycles. The molecule has 0 fully saturated rings. The van der Waals surface area contributed by atoms with Crippen LogP contribution in [0.5, 0.6) is 0 Å². The summed E-state index contributed by atoms with van der Waals surface area (Å²) in [6.45, 7) is 4.50. The maximum Gasteiger partial charge on any atom is 0.341 e. The highest BCUT2D eigenvalue weighted by Crippen LogP contribution is 2.25. The summed E-state index contributed by atoms with van der Waals surface area (Å²) in [5.74, 6) is -2.08. The summed E-state index contributed by atoms with van der Waals surface area (Å²) in [4.78, 5) is 21.8. The van der Waals surface area contributed by atoms with Gasteiger partial charge in [-0.2, -0.15) is 0 Å². The van der Waals surface area contributed by atoms with E-state index in [0.717, 1.165) is 0 Å². The van der Waals surface area contributed by atoms with E-state index in [1.165, 1.54) is 20.8 Å². The van der Waals surface area contributed by atoms with Crippen LogP contribution in [-0.4, -0.2) is 27.3 Å². The first-order chi connectivity index (χ1) is 7.25. The number of aromatic nitrogens is 1. The monoisotopic (exact) mass is 227 g/mol. The number of aliphatic carboxylic acids is 1. The van der Waals surface area contributed by atoms with Gasteiger partial charge in [0.15, 0.2) is 5.76 Å². The molecule has 0 saturated heterocycles. The second-order valence-electron chi connectivity index (χ2n) is 4.24. The van der Waals surface area contributed by atoms with Crippen molar-refractivity contribution < 1.29 is 24.3 Å². The lowest BCUT2D eigenvalue weighted by molar-refractivity contribution is -0.147. The molecule has 0 aliphatic heterocycles. The zero-order valence-electron chi connectivity index (χ0n) is 9.27. The molecule has 1 rings (SSSR count). The summed E-state index contributed by atoms with van der Waals surface area (Å²) in [5.41, 5.74) is -0.881.